The first-order valence-electron chi connectivity index (χ1n) is 8.09. The predicted molar refractivity (Wildman–Crippen MR) is 87.8 cm³/mol. The van der Waals surface area contributed by atoms with E-state index in [1.54, 1.807) is 22.3 Å². The molecule has 2 aromatic carbocycles. The molecular formula is C20H23N. The van der Waals surface area contributed by atoms with Crippen LogP contribution in [-0.4, -0.2) is 13.6 Å². The van der Waals surface area contributed by atoms with Gasteiger partial charge in [-0.15, -0.1) is 0 Å². The maximum Gasteiger partial charge on any atom is 0.0220 e. The molecule has 0 fully saturated rings. The molecular weight excluding hydrogens is 254 g/mol. The smallest absolute Gasteiger partial charge is 0.0220 e. The van der Waals surface area contributed by atoms with Crippen LogP contribution >= 0.6 is 0 Å². The van der Waals surface area contributed by atoms with Crippen LogP contribution in [-0.2, 0) is 5.41 Å². The number of fused-ring (bicyclic) bond motifs is 8. The number of hydrogen-bond acceptors (Lipinski definition) is 1. The minimum Gasteiger partial charge on any atom is -0.319 e. The molecule has 1 unspecified atom stereocenters. The molecule has 2 aliphatic carbocycles. The van der Waals surface area contributed by atoms with E-state index in [-0.39, 0.29) is 5.41 Å². The van der Waals surface area contributed by atoms with Crippen LogP contribution in [0, 0.1) is 5.92 Å². The summed E-state index contributed by atoms with van der Waals surface area (Å²) in [5.41, 5.74) is 6.60. The molecule has 0 radical (unpaired) electrons. The van der Waals surface area contributed by atoms with E-state index in [0.29, 0.717) is 11.8 Å². The number of rotatable bonds is 4. The lowest BCUT2D eigenvalue weighted by Gasteiger charge is -2.33. The average Bonchev–Trinajstić information content (AvgIpc) is 3.00. The summed E-state index contributed by atoms with van der Waals surface area (Å²) in [6.07, 6.45) is 2.53. The Morgan fingerprint density at radius 3 is 2.19 bits per heavy atom. The van der Waals surface area contributed by atoms with Crippen LogP contribution < -0.4 is 5.32 Å². The largest absolute Gasteiger partial charge is 0.319 e. The van der Waals surface area contributed by atoms with Crippen molar-refractivity contribution in [3.8, 4) is 0 Å². The minimum atomic E-state index is 0.258. The topological polar surface area (TPSA) is 12.0 Å². The summed E-state index contributed by atoms with van der Waals surface area (Å²) in [5, 5.41) is 3.34. The van der Waals surface area contributed by atoms with Crippen molar-refractivity contribution in [2.24, 2.45) is 5.92 Å². The molecule has 0 spiro atoms. The zero-order chi connectivity index (χ0) is 14.4. The van der Waals surface area contributed by atoms with Crippen molar-refractivity contribution < 1.29 is 0 Å². The van der Waals surface area contributed by atoms with Crippen LogP contribution in [0.5, 0.6) is 0 Å². The van der Waals surface area contributed by atoms with E-state index in [1.807, 2.05) is 0 Å². The summed E-state index contributed by atoms with van der Waals surface area (Å²) in [6.45, 7) is 3.47. The fourth-order valence-electron chi connectivity index (χ4n) is 4.89. The number of hydrogen-bond donors (Lipinski definition) is 1. The van der Waals surface area contributed by atoms with E-state index in [9.17, 15) is 0 Å². The molecule has 108 valence electrons. The van der Waals surface area contributed by atoms with Gasteiger partial charge in [0.2, 0.25) is 0 Å². The lowest BCUT2D eigenvalue weighted by atomic mass is 9.70. The Kier molecular flexibility index (Phi) is 2.93. The van der Waals surface area contributed by atoms with Crippen LogP contribution in [0.3, 0.4) is 0 Å². The third kappa shape index (κ3) is 1.74. The molecule has 0 aromatic heterocycles. The van der Waals surface area contributed by atoms with Gasteiger partial charge in [0.05, 0.1) is 0 Å². The third-order valence-corrected chi connectivity index (χ3v) is 5.51. The summed E-state index contributed by atoms with van der Waals surface area (Å²) in [4.78, 5) is 0. The van der Waals surface area contributed by atoms with Crippen molar-refractivity contribution in [3.63, 3.8) is 0 Å². The Labute approximate surface area is 127 Å². The number of benzene rings is 2. The highest BCUT2D eigenvalue weighted by molar-refractivity contribution is 5.62. The minimum absolute atomic E-state index is 0.258. The van der Waals surface area contributed by atoms with Crippen LogP contribution in [0.1, 0.15) is 47.9 Å². The summed E-state index contributed by atoms with van der Waals surface area (Å²) in [6, 6.07) is 18.3. The highest BCUT2D eigenvalue weighted by Gasteiger charge is 2.52. The molecule has 0 heterocycles. The first kappa shape index (κ1) is 13.1. The zero-order valence-corrected chi connectivity index (χ0v) is 12.9. The Morgan fingerprint density at radius 2 is 1.62 bits per heavy atom. The van der Waals surface area contributed by atoms with Crippen molar-refractivity contribution >= 4 is 0 Å². The Hall–Kier alpha value is -1.60. The lowest BCUT2D eigenvalue weighted by molar-refractivity contribution is 0.379. The average molecular weight is 277 g/mol. The Balaban J connectivity index is 1.86. The molecule has 21 heavy (non-hydrogen) atoms. The van der Waals surface area contributed by atoms with Gasteiger partial charge in [-0.1, -0.05) is 55.5 Å². The SMILES string of the molecule is CNCC(C)CC12CC(c3ccccc31)c1ccccc12. The normalized spacial score (nSPS) is 26.5. The molecule has 0 amide bonds. The molecule has 1 N–H and O–H groups in total. The molecule has 2 aliphatic rings. The molecule has 0 saturated heterocycles. The van der Waals surface area contributed by atoms with Gasteiger partial charge in [-0.05, 0) is 54.6 Å². The highest BCUT2D eigenvalue weighted by atomic mass is 14.8. The van der Waals surface area contributed by atoms with Crippen molar-refractivity contribution in [1.29, 1.82) is 0 Å². The van der Waals surface area contributed by atoms with Gasteiger partial charge < -0.3 is 5.32 Å². The van der Waals surface area contributed by atoms with E-state index in [4.69, 9.17) is 0 Å². The molecule has 2 bridgehead atoms. The maximum atomic E-state index is 3.34. The van der Waals surface area contributed by atoms with Crippen LogP contribution in [0.4, 0.5) is 0 Å². The summed E-state index contributed by atoms with van der Waals surface area (Å²) in [5.74, 6) is 1.31. The first-order valence-corrected chi connectivity index (χ1v) is 8.09. The van der Waals surface area contributed by atoms with Gasteiger partial charge in [-0.25, -0.2) is 0 Å². The summed E-state index contributed by atoms with van der Waals surface area (Å²) in [7, 11) is 2.06. The van der Waals surface area contributed by atoms with Gasteiger partial charge in [-0.3, -0.25) is 0 Å². The van der Waals surface area contributed by atoms with Crippen molar-refractivity contribution in [3.05, 3.63) is 70.8 Å². The standard InChI is InChI=1S/C20H23N/c1-14(13-21-2)11-20-12-17(15-7-3-5-9-18(15)20)16-8-4-6-10-19(16)20/h3-10,14,17,21H,11-13H2,1-2H3. The van der Waals surface area contributed by atoms with Gasteiger partial charge in [0, 0.05) is 11.3 Å². The summed E-state index contributed by atoms with van der Waals surface area (Å²) >= 11 is 0. The van der Waals surface area contributed by atoms with Gasteiger partial charge in [0.15, 0.2) is 0 Å². The lowest BCUT2D eigenvalue weighted by Crippen LogP contribution is -2.29. The molecule has 2 aromatic rings. The number of nitrogens with one attached hydrogen (secondary N) is 1. The van der Waals surface area contributed by atoms with Crippen molar-refractivity contribution in [1.82, 2.24) is 5.32 Å². The maximum absolute atomic E-state index is 3.34. The molecule has 1 heteroatoms. The predicted octanol–water partition coefficient (Wildman–Crippen LogP) is 4.07. The fraction of sp³-hybridized carbons (Fsp3) is 0.400. The van der Waals surface area contributed by atoms with E-state index in [1.165, 1.54) is 12.8 Å². The van der Waals surface area contributed by atoms with Crippen LogP contribution in [0.15, 0.2) is 48.5 Å². The van der Waals surface area contributed by atoms with Gasteiger partial charge in [0.1, 0.15) is 0 Å². The summed E-state index contributed by atoms with van der Waals surface area (Å²) < 4.78 is 0. The zero-order valence-electron chi connectivity index (χ0n) is 12.9. The van der Waals surface area contributed by atoms with Crippen LogP contribution in [0.2, 0.25) is 0 Å². The Bertz CT molecular complexity index is 626. The van der Waals surface area contributed by atoms with Gasteiger partial charge >= 0.3 is 0 Å². The Morgan fingerprint density at radius 1 is 1.05 bits per heavy atom. The molecule has 1 nitrogen and oxygen atoms in total. The van der Waals surface area contributed by atoms with Crippen molar-refractivity contribution in [2.45, 2.75) is 31.1 Å². The highest BCUT2D eigenvalue weighted by Crippen LogP contribution is 2.62. The van der Waals surface area contributed by atoms with Gasteiger partial charge in [-0.2, -0.15) is 0 Å². The first-order chi connectivity index (χ1) is 10.3. The van der Waals surface area contributed by atoms with E-state index < -0.39 is 0 Å². The van der Waals surface area contributed by atoms with E-state index >= 15 is 0 Å². The quantitative estimate of drug-likeness (QED) is 0.888. The molecule has 4 rings (SSSR count). The third-order valence-electron chi connectivity index (χ3n) is 5.51. The van der Waals surface area contributed by atoms with E-state index in [0.717, 1.165) is 6.54 Å². The second kappa shape index (κ2) is 4.71. The molecule has 1 atom stereocenters. The molecule has 0 aliphatic heterocycles. The second-order valence-electron chi connectivity index (χ2n) is 6.88. The molecule has 0 saturated carbocycles. The van der Waals surface area contributed by atoms with Crippen LogP contribution in [0.25, 0.3) is 0 Å². The van der Waals surface area contributed by atoms with E-state index in [2.05, 4.69) is 67.8 Å². The fourth-order valence-corrected chi connectivity index (χ4v) is 4.89. The van der Waals surface area contributed by atoms with Crippen molar-refractivity contribution in [2.75, 3.05) is 13.6 Å². The second-order valence-corrected chi connectivity index (χ2v) is 6.88. The van der Waals surface area contributed by atoms with Gasteiger partial charge in [0.25, 0.3) is 0 Å². The monoisotopic (exact) mass is 277 g/mol.